The van der Waals surface area contributed by atoms with Gasteiger partial charge in [-0.3, -0.25) is 0 Å². The number of hydrogen-bond acceptors (Lipinski definition) is 3. The number of carbonyl (C=O) groups excluding carboxylic acids is 1. The fourth-order valence-corrected chi connectivity index (χ4v) is 2.52. The molecule has 2 atom stereocenters. The zero-order chi connectivity index (χ0) is 11.3. The Hall–Kier alpha value is -0.350. The average molecular weight is 277 g/mol. The second-order valence-corrected chi connectivity index (χ2v) is 4.72. The summed E-state index contributed by atoms with van der Waals surface area (Å²) in [5.41, 5.74) is 0. The molecule has 1 aliphatic carbocycles. The summed E-state index contributed by atoms with van der Waals surface area (Å²) in [5, 5.41) is 9.78. The smallest absolute Gasteiger partial charge is 0.335 e. The summed E-state index contributed by atoms with van der Waals surface area (Å²) in [4.78, 5) is 11.2. The largest absolute Gasteiger partial charge is 0.467 e. The van der Waals surface area contributed by atoms with Crippen molar-refractivity contribution in [1.29, 1.82) is 0 Å². The van der Waals surface area contributed by atoms with Crippen molar-refractivity contribution in [1.82, 2.24) is 0 Å². The first-order valence-electron chi connectivity index (χ1n) is 5.28. The summed E-state index contributed by atoms with van der Waals surface area (Å²) in [6.07, 6.45) is 6.21. The van der Waals surface area contributed by atoms with Gasteiger partial charge in [0.2, 0.25) is 0 Å². The van der Waals surface area contributed by atoms with Gasteiger partial charge in [-0.15, -0.1) is 0 Å². The van der Waals surface area contributed by atoms with Crippen molar-refractivity contribution in [2.45, 2.75) is 38.2 Å². The van der Waals surface area contributed by atoms with E-state index >= 15 is 0 Å². The van der Waals surface area contributed by atoms with Crippen molar-refractivity contribution >= 4 is 21.9 Å². The molecule has 0 aromatic heterocycles. The van der Waals surface area contributed by atoms with E-state index in [1.54, 1.807) is 0 Å². The normalized spacial score (nSPS) is 28.2. The first-order valence-corrected chi connectivity index (χ1v) is 6.07. The third-order valence-corrected chi connectivity index (χ3v) is 3.65. The minimum atomic E-state index is -1.04. The van der Waals surface area contributed by atoms with Gasteiger partial charge >= 0.3 is 5.97 Å². The number of ether oxygens (including phenoxy) is 1. The Balaban J connectivity index is 2.70. The standard InChI is InChI=1S/C11H17BrO3/c1-15-11(14)10(13)8-6-4-2-3-5-7-9(8)12/h7-8,10,13H,2-6H2,1H3/b9-7+. The molecule has 15 heavy (non-hydrogen) atoms. The van der Waals surface area contributed by atoms with E-state index in [4.69, 9.17) is 0 Å². The summed E-state index contributed by atoms with van der Waals surface area (Å²) < 4.78 is 5.48. The van der Waals surface area contributed by atoms with Crippen LogP contribution in [-0.2, 0) is 9.53 Å². The number of rotatable bonds is 2. The van der Waals surface area contributed by atoms with Gasteiger partial charge in [-0.1, -0.05) is 34.8 Å². The SMILES string of the molecule is COC(=O)C(O)C1CCCCC/C=C\1Br. The number of methoxy groups -OCH3 is 1. The molecule has 0 saturated carbocycles. The van der Waals surface area contributed by atoms with Gasteiger partial charge in [0.1, 0.15) is 0 Å². The third kappa shape index (κ3) is 3.61. The Morgan fingerprint density at radius 3 is 3.00 bits per heavy atom. The van der Waals surface area contributed by atoms with Crippen LogP contribution in [0.3, 0.4) is 0 Å². The maximum absolute atomic E-state index is 11.2. The molecular formula is C11H17BrO3. The lowest BCUT2D eigenvalue weighted by atomic mass is 9.92. The van der Waals surface area contributed by atoms with Crippen molar-refractivity contribution in [2.24, 2.45) is 5.92 Å². The summed E-state index contributed by atoms with van der Waals surface area (Å²) in [6.45, 7) is 0. The molecule has 2 unspecified atom stereocenters. The molecule has 0 heterocycles. The van der Waals surface area contributed by atoms with Crippen LogP contribution < -0.4 is 0 Å². The first-order chi connectivity index (χ1) is 7.16. The quantitative estimate of drug-likeness (QED) is 0.788. The van der Waals surface area contributed by atoms with Crippen LogP contribution in [0, 0.1) is 5.92 Å². The number of aliphatic hydroxyl groups excluding tert-OH is 1. The van der Waals surface area contributed by atoms with Crippen molar-refractivity contribution in [3.8, 4) is 0 Å². The predicted molar refractivity (Wildman–Crippen MR) is 61.6 cm³/mol. The van der Waals surface area contributed by atoms with E-state index in [9.17, 15) is 9.90 Å². The van der Waals surface area contributed by atoms with Gasteiger partial charge in [0, 0.05) is 5.92 Å². The highest BCUT2D eigenvalue weighted by atomic mass is 79.9. The van der Waals surface area contributed by atoms with Gasteiger partial charge in [-0.2, -0.15) is 0 Å². The number of halogens is 1. The minimum Gasteiger partial charge on any atom is -0.467 e. The third-order valence-electron chi connectivity index (χ3n) is 2.74. The Kier molecular flexibility index (Phi) is 5.32. The van der Waals surface area contributed by atoms with E-state index in [0.717, 1.165) is 30.2 Å². The first kappa shape index (κ1) is 12.7. The van der Waals surface area contributed by atoms with Gasteiger partial charge < -0.3 is 9.84 Å². The van der Waals surface area contributed by atoms with E-state index in [1.165, 1.54) is 13.5 Å². The van der Waals surface area contributed by atoms with Crippen LogP contribution >= 0.6 is 15.9 Å². The van der Waals surface area contributed by atoms with Gasteiger partial charge in [0.05, 0.1) is 7.11 Å². The molecule has 4 heteroatoms. The lowest BCUT2D eigenvalue weighted by Gasteiger charge is -2.22. The van der Waals surface area contributed by atoms with Crippen LogP contribution in [0.2, 0.25) is 0 Å². The van der Waals surface area contributed by atoms with Crippen LogP contribution in [0.4, 0.5) is 0 Å². The summed E-state index contributed by atoms with van der Waals surface area (Å²) in [6, 6.07) is 0. The van der Waals surface area contributed by atoms with E-state index in [0.29, 0.717) is 0 Å². The van der Waals surface area contributed by atoms with Crippen molar-refractivity contribution in [3.63, 3.8) is 0 Å². The van der Waals surface area contributed by atoms with Gasteiger partial charge in [0.25, 0.3) is 0 Å². The maximum atomic E-state index is 11.2. The molecule has 0 aromatic carbocycles. The topological polar surface area (TPSA) is 46.5 Å². The number of hydrogen-bond donors (Lipinski definition) is 1. The zero-order valence-corrected chi connectivity index (χ0v) is 10.5. The minimum absolute atomic E-state index is 0.141. The average Bonchev–Trinajstić information content (AvgIpc) is 2.22. The molecule has 1 N–H and O–H groups in total. The molecule has 0 aromatic rings. The number of allylic oxidation sites excluding steroid dienone is 1. The monoisotopic (exact) mass is 276 g/mol. The van der Waals surface area contributed by atoms with Crippen LogP contribution in [0.15, 0.2) is 10.6 Å². The molecule has 3 nitrogen and oxygen atoms in total. The van der Waals surface area contributed by atoms with Crippen LogP contribution in [-0.4, -0.2) is 24.3 Å². The molecule has 0 fully saturated rings. The molecule has 0 radical (unpaired) electrons. The Bertz CT molecular complexity index is 250. The summed E-state index contributed by atoms with van der Waals surface area (Å²) >= 11 is 3.43. The fraction of sp³-hybridized carbons (Fsp3) is 0.727. The number of carbonyl (C=O) groups is 1. The molecule has 0 spiro atoms. The van der Waals surface area contributed by atoms with E-state index in [1.807, 2.05) is 0 Å². The highest BCUT2D eigenvalue weighted by Crippen LogP contribution is 2.30. The molecule has 0 bridgehead atoms. The zero-order valence-electron chi connectivity index (χ0n) is 8.91. The fourth-order valence-electron chi connectivity index (χ4n) is 1.81. The van der Waals surface area contributed by atoms with Crippen molar-refractivity contribution in [2.75, 3.05) is 7.11 Å². The maximum Gasteiger partial charge on any atom is 0.335 e. The van der Waals surface area contributed by atoms with E-state index < -0.39 is 12.1 Å². The Labute approximate surface area is 98.6 Å². The molecule has 1 rings (SSSR count). The lowest BCUT2D eigenvalue weighted by molar-refractivity contribution is -0.152. The van der Waals surface area contributed by atoms with Crippen LogP contribution in [0.5, 0.6) is 0 Å². The number of aliphatic hydroxyl groups is 1. The predicted octanol–water partition coefficient (Wildman–Crippen LogP) is 2.38. The van der Waals surface area contributed by atoms with Gasteiger partial charge in [-0.25, -0.2) is 4.79 Å². The highest BCUT2D eigenvalue weighted by Gasteiger charge is 2.28. The van der Waals surface area contributed by atoms with Crippen LogP contribution in [0.25, 0.3) is 0 Å². The number of esters is 1. The van der Waals surface area contributed by atoms with Crippen molar-refractivity contribution in [3.05, 3.63) is 10.6 Å². The van der Waals surface area contributed by atoms with E-state index in [-0.39, 0.29) is 5.92 Å². The van der Waals surface area contributed by atoms with E-state index in [2.05, 4.69) is 26.7 Å². The Morgan fingerprint density at radius 1 is 1.60 bits per heavy atom. The summed E-state index contributed by atoms with van der Waals surface area (Å²) in [7, 11) is 1.30. The molecule has 86 valence electrons. The second kappa shape index (κ2) is 6.28. The van der Waals surface area contributed by atoms with Crippen molar-refractivity contribution < 1.29 is 14.6 Å². The van der Waals surface area contributed by atoms with Gasteiger partial charge in [-0.05, 0) is 23.7 Å². The second-order valence-electron chi connectivity index (χ2n) is 3.80. The summed E-state index contributed by atoms with van der Waals surface area (Å²) in [5.74, 6) is -0.691. The molecule has 1 aliphatic rings. The van der Waals surface area contributed by atoms with Crippen LogP contribution in [0.1, 0.15) is 32.1 Å². The molecule has 0 amide bonds. The highest BCUT2D eigenvalue weighted by molar-refractivity contribution is 9.11. The molecular weight excluding hydrogens is 260 g/mol. The molecule has 0 saturated heterocycles. The molecule has 0 aliphatic heterocycles. The lowest BCUT2D eigenvalue weighted by Crippen LogP contribution is -2.31. The van der Waals surface area contributed by atoms with Gasteiger partial charge in [0.15, 0.2) is 6.10 Å². The Morgan fingerprint density at radius 2 is 2.33 bits per heavy atom.